The van der Waals surface area contributed by atoms with E-state index in [0.717, 1.165) is 5.75 Å². The molecule has 1 unspecified atom stereocenters. The quantitative estimate of drug-likeness (QED) is 0.220. The number of aliphatic carboxylic acids is 1. The van der Waals surface area contributed by atoms with Gasteiger partial charge >= 0.3 is 5.97 Å². The van der Waals surface area contributed by atoms with E-state index < -0.39 is 12.0 Å². The van der Waals surface area contributed by atoms with E-state index in [1.807, 2.05) is 6.92 Å². The van der Waals surface area contributed by atoms with Crippen molar-refractivity contribution in [2.75, 3.05) is 64.7 Å². The van der Waals surface area contributed by atoms with Crippen LogP contribution in [0.5, 0.6) is 0 Å². The first-order valence-electron chi connectivity index (χ1n) is 9.62. The Labute approximate surface area is 181 Å². The van der Waals surface area contributed by atoms with Crippen molar-refractivity contribution >= 4 is 39.4 Å². The maximum absolute atomic E-state index is 11.8. The Morgan fingerprint density at radius 2 is 1.48 bits per heavy atom. The molecule has 2 N–H and O–H groups in total. The summed E-state index contributed by atoms with van der Waals surface area (Å²) in [5.74, 6) is 0.235. The van der Waals surface area contributed by atoms with Gasteiger partial charge in [-0.25, -0.2) is 4.79 Å². The van der Waals surface area contributed by atoms with Gasteiger partial charge in [0.1, 0.15) is 6.04 Å². The van der Waals surface area contributed by atoms with E-state index in [1.54, 1.807) is 21.6 Å². The van der Waals surface area contributed by atoms with Crippen LogP contribution < -0.4 is 5.32 Å². The number of carboxylic acid groups (broad SMARTS) is 1. The molecule has 0 aromatic carbocycles. The zero-order chi connectivity index (χ0) is 21.9. The van der Waals surface area contributed by atoms with Gasteiger partial charge in [0.2, 0.25) is 11.8 Å². The third kappa shape index (κ3) is 16.5. The number of amides is 2. The second kappa shape index (κ2) is 19.0. The molecule has 11 heteroatoms. The molecule has 0 bridgehead atoms. The smallest absolute Gasteiger partial charge is 0.326 e. The predicted molar refractivity (Wildman–Crippen MR) is 115 cm³/mol. The van der Waals surface area contributed by atoms with Crippen molar-refractivity contribution in [3.63, 3.8) is 0 Å². The normalized spacial score (nSPS) is 11.8. The van der Waals surface area contributed by atoms with Crippen LogP contribution in [0.1, 0.15) is 26.7 Å². The molecule has 0 aliphatic carbocycles. The molecule has 9 nitrogen and oxygen atoms in total. The number of hydrogen-bond donors (Lipinski definition) is 2. The molecule has 0 rings (SSSR count). The van der Waals surface area contributed by atoms with E-state index in [2.05, 4.69) is 5.32 Å². The van der Waals surface area contributed by atoms with Gasteiger partial charge in [-0.15, -0.1) is 0 Å². The van der Waals surface area contributed by atoms with Crippen LogP contribution in [0.15, 0.2) is 0 Å². The van der Waals surface area contributed by atoms with Crippen LogP contribution in [-0.2, 0) is 28.6 Å². The summed E-state index contributed by atoms with van der Waals surface area (Å²) in [6.07, 6.45) is 0.671. The van der Waals surface area contributed by atoms with E-state index in [0.29, 0.717) is 64.8 Å². The molecule has 29 heavy (non-hydrogen) atoms. The SMILES string of the molecule is CCNC(=O)CCOCCOCCOCCSSCCC(=O)N(C)C(C)C(=O)O. The molecule has 0 aromatic rings. The van der Waals surface area contributed by atoms with Crippen molar-refractivity contribution in [3.8, 4) is 0 Å². The van der Waals surface area contributed by atoms with Crippen LogP contribution in [-0.4, -0.2) is 98.6 Å². The summed E-state index contributed by atoms with van der Waals surface area (Å²) in [6, 6.07) is -0.811. The largest absolute Gasteiger partial charge is 0.480 e. The Balaban J connectivity index is 3.33. The average molecular weight is 455 g/mol. The van der Waals surface area contributed by atoms with E-state index >= 15 is 0 Å². The fourth-order valence-corrected chi connectivity index (χ4v) is 3.73. The Hall–Kier alpha value is -1.01. The fourth-order valence-electron chi connectivity index (χ4n) is 1.89. The number of hydrogen-bond acceptors (Lipinski definition) is 8. The summed E-state index contributed by atoms with van der Waals surface area (Å²) < 4.78 is 16.1. The first-order chi connectivity index (χ1) is 13.9. The van der Waals surface area contributed by atoms with Crippen LogP contribution in [0.3, 0.4) is 0 Å². The zero-order valence-electron chi connectivity index (χ0n) is 17.5. The van der Waals surface area contributed by atoms with Gasteiger partial charge in [0.25, 0.3) is 0 Å². The van der Waals surface area contributed by atoms with Gasteiger partial charge in [-0.3, -0.25) is 9.59 Å². The number of carbonyl (C=O) groups excluding carboxylic acids is 2. The number of rotatable bonds is 19. The molecule has 0 aliphatic rings. The fraction of sp³-hybridized carbons (Fsp3) is 0.833. The van der Waals surface area contributed by atoms with Crippen LogP contribution in [0.25, 0.3) is 0 Å². The molecule has 170 valence electrons. The maximum Gasteiger partial charge on any atom is 0.326 e. The molecule has 0 saturated carbocycles. The van der Waals surface area contributed by atoms with E-state index in [-0.39, 0.29) is 11.8 Å². The van der Waals surface area contributed by atoms with Crippen LogP contribution >= 0.6 is 21.6 Å². The van der Waals surface area contributed by atoms with Crippen LogP contribution in [0.4, 0.5) is 0 Å². The number of nitrogens with zero attached hydrogens (tertiary/aromatic N) is 1. The summed E-state index contributed by atoms with van der Waals surface area (Å²) in [6.45, 7) is 6.88. The second-order valence-corrected chi connectivity index (χ2v) is 8.66. The van der Waals surface area contributed by atoms with Crippen molar-refractivity contribution in [3.05, 3.63) is 0 Å². The number of carbonyl (C=O) groups is 3. The van der Waals surface area contributed by atoms with Gasteiger partial charge in [-0.05, 0) is 13.8 Å². The predicted octanol–water partition coefficient (Wildman–Crippen LogP) is 1.27. The Morgan fingerprint density at radius 3 is 2.07 bits per heavy atom. The molecule has 0 radical (unpaired) electrons. The van der Waals surface area contributed by atoms with Gasteiger partial charge in [0.05, 0.1) is 39.6 Å². The molecular formula is C18H34N2O7S2. The van der Waals surface area contributed by atoms with Gasteiger partial charge in [0.15, 0.2) is 0 Å². The van der Waals surface area contributed by atoms with Gasteiger partial charge in [-0.1, -0.05) is 21.6 Å². The maximum atomic E-state index is 11.8. The van der Waals surface area contributed by atoms with Crippen LogP contribution in [0, 0.1) is 0 Å². The minimum Gasteiger partial charge on any atom is -0.480 e. The second-order valence-electron chi connectivity index (χ2n) is 5.95. The molecule has 0 fully saturated rings. The summed E-state index contributed by atoms with van der Waals surface area (Å²) in [5, 5.41) is 11.6. The lowest BCUT2D eigenvalue weighted by Crippen LogP contribution is -2.40. The summed E-state index contributed by atoms with van der Waals surface area (Å²) in [5.41, 5.74) is 0. The molecule has 0 spiro atoms. The van der Waals surface area contributed by atoms with Crippen LogP contribution in [0.2, 0.25) is 0 Å². The minimum absolute atomic E-state index is 0.00966. The minimum atomic E-state index is -1.01. The van der Waals surface area contributed by atoms with Crippen molar-refractivity contribution in [2.24, 2.45) is 0 Å². The molecule has 2 amide bonds. The van der Waals surface area contributed by atoms with E-state index in [9.17, 15) is 14.4 Å². The third-order valence-corrected chi connectivity index (χ3v) is 6.09. The molecule has 0 aromatic heterocycles. The van der Waals surface area contributed by atoms with E-state index in [4.69, 9.17) is 19.3 Å². The monoisotopic (exact) mass is 454 g/mol. The highest BCUT2D eigenvalue weighted by Crippen LogP contribution is 2.21. The zero-order valence-corrected chi connectivity index (χ0v) is 19.1. The van der Waals surface area contributed by atoms with Crippen molar-refractivity contribution < 1.29 is 33.7 Å². The van der Waals surface area contributed by atoms with Crippen molar-refractivity contribution in [1.82, 2.24) is 10.2 Å². The molecule has 1 atom stereocenters. The van der Waals surface area contributed by atoms with Gasteiger partial charge in [0, 0.05) is 37.9 Å². The number of ether oxygens (including phenoxy) is 3. The lowest BCUT2D eigenvalue weighted by Gasteiger charge is -2.21. The molecule has 0 heterocycles. The Morgan fingerprint density at radius 1 is 0.931 bits per heavy atom. The Bertz CT molecular complexity index is 469. The van der Waals surface area contributed by atoms with Crippen molar-refractivity contribution in [2.45, 2.75) is 32.7 Å². The Kier molecular flexibility index (Phi) is 18.3. The summed E-state index contributed by atoms with van der Waals surface area (Å²) in [7, 11) is 4.69. The van der Waals surface area contributed by atoms with Gasteiger partial charge in [-0.2, -0.15) is 0 Å². The number of carboxylic acids is 1. The first kappa shape index (κ1) is 28.0. The molecule has 0 saturated heterocycles. The highest BCUT2D eigenvalue weighted by molar-refractivity contribution is 8.76. The molecule has 0 aliphatic heterocycles. The molecular weight excluding hydrogens is 420 g/mol. The highest BCUT2D eigenvalue weighted by atomic mass is 33.1. The standard InChI is InChI=1S/C18H34N2O7S2/c1-4-19-16(21)5-7-25-8-9-26-10-11-27-12-14-29-28-13-6-17(22)20(3)15(2)18(23)24/h15H,4-14H2,1-3H3,(H,19,21)(H,23,24). The first-order valence-corrected chi connectivity index (χ1v) is 12.1. The summed E-state index contributed by atoms with van der Waals surface area (Å²) >= 11 is 0. The lowest BCUT2D eigenvalue weighted by molar-refractivity contribution is -0.148. The summed E-state index contributed by atoms with van der Waals surface area (Å²) in [4.78, 5) is 35.1. The highest BCUT2D eigenvalue weighted by Gasteiger charge is 2.20. The van der Waals surface area contributed by atoms with Crippen molar-refractivity contribution in [1.29, 1.82) is 0 Å². The lowest BCUT2D eigenvalue weighted by atomic mass is 10.3. The third-order valence-electron chi connectivity index (χ3n) is 3.72. The van der Waals surface area contributed by atoms with Gasteiger partial charge < -0.3 is 29.5 Å². The topological polar surface area (TPSA) is 114 Å². The average Bonchev–Trinajstić information content (AvgIpc) is 2.69. The van der Waals surface area contributed by atoms with E-state index in [1.165, 1.54) is 18.9 Å². The number of nitrogens with one attached hydrogen (secondary N) is 1. The number of likely N-dealkylation sites (N-methyl/N-ethyl adjacent to an activating group) is 1.